The summed E-state index contributed by atoms with van der Waals surface area (Å²) < 4.78 is 5.51. The van der Waals surface area contributed by atoms with E-state index in [0.29, 0.717) is 29.6 Å². The molecular weight excluding hydrogens is 438 g/mol. The number of esters is 1. The molecule has 4 fully saturated rings. The van der Waals surface area contributed by atoms with Gasteiger partial charge >= 0.3 is 5.97 Å². The molecule has 1 N–H and O–H groups in total. The maximum absolute atomic E-state index is 11.7. The van der Waals surface area contributed by atoms with Gasteiger partial charge in [0.05, 0.1) is 12.1 Å². The number of ether oxygens (including phenoxy) is 1. The summed E-state index contributed by atoms with van der Waals surface area (Å²) in [5.74, 6) is 4.13. The molecule has 4 rings (SSSR count). The first-order valence-electron chi connectivity index (χ1n) is 14.4. The highest BCUT2D eigenvalue weighted by molar-refractivity contribution is 5.66. The normalized spacial score (nSPS) is 45.6. The predicted molar refractivity (Wildman–Crippen MR) is 138 cm³/mol. The van der Waals surface area contributed by atoms with Gasteiger partial charge in [-0.05, 0) is 103 Å². The Labute approximate surface area is 212 Å². The Morgan fingerprint density at radius 2 is 1.86 bits per heavy atom. The van der Waals surface area contributed by atoms with E-state index < -0.39 is 18.2 Å². The number of carbonyl (C=O) groups is 1. The molecule has 35 heavy (non-hydrogen) atoms. The Kier molecular flexibility index (Phi) is 7.84. The summed E-state index contributed by atoms with van der Waals surface area (Å²) in [7, 11) is 0. The van der Waals surface area contributed by atoms with Gasteiger partial charge < -0.3 is 9.84 Å². The first-order chi connectivity index (χ1) is 16.5. The number of nitrogens with zero attached hydrogens (tertiary/aromatic N) is 3. The summed E-state index contributed by atoms with van der Waals surface area (Å²) in [6.07, 6.45) is 10.6. The molecule has 0 amide bonds. The minimum Gasteiger partial charge on any atom is -0.460 e. The van der Waals surface area contributed by atoms with Crippen molar-refractivity contribution in [1.82, 2.24) is 0 Å². The first kappa shape index (κ1) is 26.8. The number of aliphatic hydroxyl groups excluding tert-OH is 1. The van der Waals surface area contributed by atoms with Gasteiger partial charge in [-0.1, -0.05) is 59.0 Å². The highest BCUT2D eigenvalue weighted by Gasteiger charge is 2.64. The Morgan fingerprint density at radius 3 is 2.51 bits per heavy atom. The van der Waals surface area contributed by atoms with Gasteiger partial charge in [0.2, 0.25) is 0 Å². The molecule has 0 aromatic heterocycles. The first-order valence-corrected chi connectivity index (χ1v) is 14.4. The molecule has 198 valence electrons. The van der Waals surface area contributed by atoms with Gasteiger partial charge in [0.25, 0.3) is 0 Å². The fourth-order valence-corrected chi connectivity index (χ4v) is 9.90. The molecule has 4 saturated carbocycles. The SMILES string of the molecule is CC(=O)O[C@@H]1CC2CC[C@H]3[C@@H]4CC[C@H](C(C)CCCC(C)C)[C@@]4(C)CC[C@@H]3[C@@]2(C)[C@@H](N=[N+]=[N-])[C@@H]1O. The van der Waals surface area contributed by atoms with Crippen molar-refractivity contribution < 1.29 is 14.6 Å². The van der Waals surface area contributed by atoms with E-state index in [2.05, 4.69) is 44.6 Å². The molecule has 0 radical (unpaired) electrons. The number of aliphatic hydroxyl groups is 1. The Balaban J connectivity index is 1.56. The van der Waals surface area contributed by atoms with Crippen molar-refractivity contribution in [3.8, 4) is 0 Å². The number of fused-ring (bicyclic) bond motifs is 5. The van der Waals surface area contributed by atoms with Gasteiger partial charge in [-0.3, -0.25) is 4.79 Å². The summed E-state index contributed by atoms with van der Waals surface area (Å²) in [6, 6.07) is -0.542. The monoisotopic (exact) mass is 487 g/mol. The molecule has 0 aliphatic heterocycles. The predicted octanol–water partition coefficient (Wildman–Crippen LogP) is 7.30. The van der Waals surface area contributed by atoms with E-state index in [0.717, 1.165) is 36.5 Å². The summed E-state index contributed by atoms with van der Waals surface area (Å²) in [4.78, 5) is 14.9. The van der Waals surface area contributed by atoms with Gasteiger partial charge in [0, 0.05) is 11.8 Å². The van der Waals surface area contributed by atoms with Crippen molar-refractivity contribution in [2.75, 3.05) is 0 Å². The zero-order valence-electron chi connectivity index (χ0n) is 22.9. The minimum atomic E-state index is -0.930. The minimum absolute atomic E-state index is 0.243. The van der Waals surface area contributed by atoms with Crippen LogP contribution in [0.15, 0.2) is 5.11 Å². The molecule has 11 atom stereocenters. The van der Waals surface area contributed by atoms with E-state index in [1.807, 2.05) is 0 Å². The van der Waals surface area contributed by atoms with E-state index in [4.69, 9.17) is 4.74 Å². The largest absolute Gasteiger partial charge is 0.460 e. The zero-order valence-corrected chi connectivity index (χ0v) is 22.9. The highest BCUT2D eigenvalue weighted by atomic mass is 16.6. The molecule has 0 bridgehead atoms. The molecule has 0 aromatic carbocycles. The maximum atomic E-state index is 11.7. The van der Waals surface area contributed by atoms with Crippen molar-refractivity contribution in [1.29, 1.82) is 0 Å². The van der Waals surface area contributed by atoms with Crippen molar-refractivity contribution >= 4 is 5.97 Å². The Bertz CT molecular complexity index is 826. The van der Waals surface area contributed by atoms with Crippen molar-refractivity contribution in [2.45, 2.75) is 124 Å². The highest BCUT2D eigenvalue weighted by Crippen LogP contribution is 2.68. The quantitative estimate of drug-likeness (QED) is 0.177. The lowest BCUT2D eigenvalue weighted by Crippen LogP contribution is -2.63. The summed E-state index contributed by atoms with van der Waals surface area (Å²) in [5.41, 5.74) is 9.60. The van der Waals surface area contributed by atoms with Gasteiger partial charge in [0.15, 0.2) is 0 Å². The lowest BCUT2D eigenvalue weighted by Gasteiger charge is -2.63. The molecule has 4 aliphatic rings. The molecule has 0 spiro atoms. The van der Waals surface area contributed by atoms with Gasteiger partial charge in [-0.2, -0.15) is 0 Å². The zero-order chi connectivity index (χ0) is 25.5. The molecule has 0 heterocycles. The van der Waals surface area contributed by atoms with Crippen LogP contribution in [-0.4, -0.2) is 29.3 Å². The van der Waals surface area contributed by atoms with E-state index in [9.17, 15) is 15.4 Å². The van der Waals surface area contributed by atoms with Gasteiger partial charge in [-0.25, -0.2) is 0 Å². The summed E-state index contributed by atoms with van der Waals surface area (Å²) in [5, 5.41) is 15.4. The average Bonchev–Trinajstić information content (AvgIpc) is 3.14. The topological polar surface area (TPSA) is 95.3 Å². The molecule has 0 aromatic rings. The standard InChI is InChI=1S/C29H49N3O3/c1-17(2)8-7-9-18(3)22-12-13-23-21-11-10-20-16-25(35-19(4)33)26(34)27(31-32-30)29(20,6)24(21)14-15-28(22,23)5/h17-18,20-27,34H,7-16H2,1-6H3/t18?,20?,21-,22+,23-,24-,25+,26+,27-,28+,29-/m0/s1. The third-order valence-corrected chi connectivity index (χ3v) is 11.5. The van der Waals surface area contributed by atoms with Gasteiger partial charge in [-0.15, -0.1) is 0 Å². The van der Waals surface area contributed by atoms with E-state index >= 15 is 0 Å². The molecular formula is C29H49N3O3. The van der Waals surface area contributed by atoms with E-state index in [1.54, 1.807) is 0 Å². The average molecular weight is 488 g/mol. The number of azide groups is 1. The van der Waals surface area contributed by atoms with Crippen LogP contribution < -0.4 is 0 Å². The Morgan fingerprint density at radius 1 is 1.11 bits per heavy atom. The van der Waals surface area contributed by atoms with Crippen LogP contribution in [0.4, 0.5) is 0 Å². The molecule has 6 heteroatoms. The van der Waals surface area contributed by atoms with Crippen LogP contribution in [0.3, 0.4) is 0 Å². The molecule has 0 saturated heterocycles. The third kappa shape index (κ3) is 4.63. The van der Waals surface area contributed by atoms with Crippen LogP contribution in [0.25, 0.3) is 10.4 Å². The number of rotatable bonds is 7. The molecule has 6 nitrogen and oxygen atoms in total. The van der Waals surface area contributed by atoms with E-state index in [1.165, 1.54) is 51.9 Å². The van der Waals surface area contributed by atoms with Crippen molar-refractivity contribution in [2.24, 2.45) is 57.4 Å². The maximum Gasteiger partial charge on any atom is 0.302 e. The van der Waals surface area contributed by atoms with Crippen molar-refractivity contribution in [3.05, 3.63) is 10.4 Å². The smallest absolute Gasteiger partial charge is 0.302 e. The molecule has 4 aliphatic carbocycles. The lowest BCUT2D eigenvalue weighted by atomic mass is 9.43. The van der Waals surface area contributed by atoms with E-state index in [-0.39, 0.29) is 11.4 Å². The molecule has 2 unspecified atom stereocenters. The van der Waals surface area contributed by atoms with Crippen LogP contribution in [0.2, 0.25) is 0 Å². The number of carbonyl (C=O) groups excluding carboxylic acids is 1. The summed E-state index contributed by atoms with van der Waals surface area (Å²) in [6.45, 7) is 13.4. The second kappa shape index (κ2) is 10.2. The van der Waals surface area contributed by atoms with Crippen LogP contribution in [0, 0.1) is 52.3 Å². The van der Waals surface area contributed by atoms with Crippen molar-refractivity contribution in [3.63, 3.8) is 0 Å². The summed E-state index contributed by atoms with van der Waals surface area (Å²) >= 11 is 0. The fraction of sp³-hybridized carbons (Fsp3) is 0.966. The van der Waals surface area contributed by atoms with Crippen LogP contribution in [0.1, 0.15) is 106 Å². The van der Waals surface area contributed by atoms with Crippen LogP contribution >= 0.6 is 0 Å². The van der Waals surface area contributed by atoms with Crippen LogP contribution in [0.5, 0.6) is 0 Å². The second-order valence-corrected chi connectivity index (χ2v) is 13.6. The van der Waals surface area contributed by atoms with Gasteiger partial charge in [0.1, 0.15) is 6.10 Å². The third-order valence-electron chi connectivity index (χ3n) is 11.5. The number of hydrogen-bond acceptors (Lipinski definition) is 4. The second-order valence-electron chi connectivity index (χ2n) is 13.6. The van der Waals surface area contributed by atoms with Crippen LogP contribution in [-0.2, 0) is 9.53 Å². The fourth-order valence-electron chi connectivity index (χ4n) is 9.90. The number of hydrogen-bond donors (Lipinski definition) is 1. The Hall–Kier alpha value is -1.26. The lowest BCUT2D eigenvalue weighted by molar-refractivity contribution is -0.189.